The molecular weight excluding hydrogens is 369 g/mol. The van der Waals surface area contributed by atoms with Gasteiger partial charge in [-0.15, -0.1) is 0 Å². The van der Waals surface area contributed by atoms with Gasteiger partial charge in [-0.2, -0.15) is 0 Å². The van der Waals surface area contributed by atoms with Crippen LogP contribution in [0.2, 0.25) is 5.02 Å². The van der Waals surface area contributed by atoms with E-state index in [0.717, 1.165) is 0 Å². The molecule has 0 aliphatic rings. The topological polar surface area (TPSA) is 71.1 Å². The molecule has 0 aliphatic heterocycles. The van der Waals surface area contributed by atoms with E-state index >= 15 is 0 Å². The van der Waals surface area contributed by atoms with Gasteiger partial charge in [-0.25, -0.2) is 4.39 Å². The quantitative estimate of drug-likeness (QED) is 0.698. The predicted molar refractivity (Wildman–Crippen MR) is 101 cm³/mol. The molecule has 0 bridgehead atoms. The summed E-state index contributed by atoms with van der Waals surface area (Å²) in [6.07, 6.45) is 1.37. The molecule has 0 saturated carbocycles. The van der Waals surface area contributed by atoms with Gasteiger partial charge in [0.1, 0.15) is 11.5 Å². The maximum absolute atomic E-state index is 13.6. The Morgan fingerprint density at radius 3 is 2.59 bits per heavy atom. The van der Waals surface area contributed by atoms with Crippen LogP contribution in [0.3, 0.4) is 0 Å². The van der Waals surface area contributed by atoms with Crippen LogP contribution in [0, 0.1) is 5.82 Å². The molecule has 1 aromatic heterocycles. The molecule has 2 aromatic carbocycles. The second-order valence-electron chi connectivity index (χ2n) is 5.67. The first-order valence-electron chi connectivity index (χ1n) is 8.07. The summed E-state index contributed by atoms with van der Waals surface area (Å²) < 4.78 is 13.6. The second kappa shape index (κ2) is 8.42. The molecular formula is C20H15ClFN3O2. The van der Waals surface area contributed by atoms with E-state index in [2.05, 4.69) is 15.6 Å². The Bertz CT molecular complexity index is 994. The fourth-order valence-corrected chi connectivity index (χ4v) is 2.57. The van der Waals surface area contributed by atoms with E-state index in [9.17, 15) is 14.0 Å². The van der Waals surface area contributed by atoms with Gasteiger partial charge in [0.05, 0.1) is 0 Å². The first-order chi connectivity index (χ1) is 13.0. The Morgan fingerprint density at radius 2 is 1.81 bits per heavy atom. The largest absolute Gasteiger partial charge is 0.348 e. The number of nitrogens with one attached hydrogen (secondary N) is 2. The first kappa shape index (κ1) is 18.5. The summed E-state index contributed by atoms with van der Waals surface area (Å²) in [5, 5.41) is 5.77. The van der Waals surface area contributed by atoms with Crippen molar-refractivity contribution in [3.05, 3.63) is 94.5 Å². The molecule has 0 radical (unpaired) electrons. The van der Waals surface area contributed by atoms with Gasteiger partial charge < -0.3 is 10.6 Å². The van der Waals surface area contributed by atoms with Crippen molar-refractivity contribution < 1.29 is 14.0 Å². The van der Waals surface area contributed by atoms with Crippen molar-refractivity contribution in [2.75, 3.05) is 5.32 Å². The van der Waals surface area contributed by atoms with Crippen molar-refractivity contribution in [1.82, 2.24) is 10.3 Å². The molecule has 0 unspecified atom stereocenters. The fourth-order valence-electron chi connectivity index (χ4n) is 2.38. The second-order valence-corrected chi connectivity index (χ2v) is 6.10. The number of nitrogens with zero attached hydrogens (tertiary/aromatic N) is 1. The number of rotatable bonds is 5. The highest BCUT2D eigenvalue weighted by atomic mass is 35.5. The van der Waals surface area contributed by atoms with E-state index in [1.165, 1.54) is 24.4 Å². The van der Waals surface area contributed by atoms with Crippen molar-refractivity contribution in [2.45, 2.75) is 6.54 Å². The zero-order valence-corrected chi connectivity index (χ0v) is 14.8. The number of pyridine rings is 1. The number of hydrogen-bond donors (Lipinski definition) is 2. The number of amides is 2. The highest BCUT2D eigenvalue weighted by Gasteiger charge is 2.13. The molecule has 1 heterocycles. The average Bonchev–Trinajstić information content (AvgIpc) is 2.67. The number of carbonyl (C=O) groups excluding carboxylic acids is 2. The Balaban J connectivity index is 1.68. The molecule has 0 fully saturated rings. The molecule has 0 spiro atoms. The van der Waals surface area contributed by atoms with Crippen LogP contribution < -0.4 is 10.6 Å². The highest BCUT2D eigenvalue weighted by molar-refractivity contribution is 6.30. The van der Waals surface area contributed by atoms with Crippen LogP contribution in [-0.2, 0) is 6.54 Å². The van der Waals surface area contributed by atoms with Crippen LogP contribution in [0.25, 0.3) is 0 Å². The lowest BCUT2D eigenvalue weighted by Gasteiger charge is -2.08. The van der Waals surface area contributed by atoms with Gasteiger partial charge in [-0.05, 0) is 36.4 Å². The fraction of sp³-hybridized carbons (Fsp3) is 0.0500. The van der Waals surface area contributed by atoms with Gasteiger partial charge >= 0.3 is 0 Å². The maximum Gasteiger partial charge on any atom is 0.274 e. The van der Waals surface area contributed by atoms with E-state index < -0.39 is 17.6 Å². The highest BCUT2D eigenvalue weighted by Crippen LogP contribution is 2.16. The number of aromatic nitrogens is 1. The van der Waals surface area contributed by atoms with E-state index in [-0.39, 0.29) is 17.8 Å². The summed E-state index contributed by atoms with van der Waals surface area (Å²) in [6.45, 7) is 0.0396. The maximum atomic E-state index is 13.6. The van der Waals surface area contributed by atoms with Crippen molar-refractivity contribution in [3.8, 4) is 0 Å². The van der Waals surface area contributed by atoms with Crippen molar-refractivity contribution in [1.29, 1.82) is 0 Å². The van der Waals surface area contributed by atoms with Crippen LogP contribution in [0.1, 0.15) is 26.4 Å². The van der Waals surface area contributed by atoms with E-state index in [0.29, 0.717) is 16.3 Å². The number of hydrogen-bond acceptors (Lipinski definition) is 3. The van der Waals surface area contributed by atoms with Crippen LogP contribution in [0.15, 0.2) is 66.9 Å². The van der Waals surface area contributed by atoms with E-state index in [1.54, 1.807) is 42.5 Å². The van der Waals surface area contributed by atoms with Gasteiger partial charge in [0.25, 0.3) is 11.8 Å². The summed E-state index contributed by atoms with van der Waals surface area (Å²) in [5.41, 5.74) is 1.22. The third-order valence-corrected chi connectivity index (χ3v) is 3.97. The minimum absolute atomic E-state index is 0.0396. The standard InChI is InChI=1S/C20H15ClFN3O2/c21-15-5-3-6-16(11-15)25-20(27)18-10-13(8-9-23-18)19(26)24-12-14-4-1-2-7-17(14)22/h1-11H,12H2,(H,24,26)(H,25,27). The SMILES string of the molecule is O=C(NCc1ccccc1F)c1ccnc(C(=O)Nc2cccc(Cl)c2)c1. The molecule has 5 nitrogen and oxygen atoms in total. The van der Waals surface area contributed by atoms with Gasteiger partial charge in [-0.3, -0.25) is 14.6 Å². The summed E-state index contributed by atoms with van der Waals surface area (Å²) in [6, 6.07) is 15.7. The Hall–Kier alpha value is -3.25. The lowest BCUT2D eigenvalue weighted by molar-refractivity contribution is 0.0950. The summed E-state index contributed by atoms with van der Waals surface area (Å²) >= 11 is 5.89. The van der Waals surface area contributed by atoms with Crippen LogP contribution >= 0.6 is 11.6 Å². The number of halogens is 2. The minimum Gasteiger partial charge on any atom is -0.348 e. The van der Waals surface area contributed by atoms with Crippen molar-refractivity contribution in [2.24, 2.45) is 0 Å². The number of carbonyl (C=O) groups is 2. The van der Waals surface area contributed by atoms with Gasteiger partial charge in [0, 0.05) is 34.6 Å². The van der Waals surface area contributed by atoms with Gasteiger partial charge in [0.15, 0.2) is 0 Å². The Morgan fingerprint density at radius 1 is 1.00 bits per heavy atom. The Labute approximate surface area is 160 Å². The third-order valence-electron chi connectivity index (χ3n) is 3.73. The molecule has 0 aliphatic carbocycles. The average molecular weight is 384 g/mol. The molecule has 0 atom stereocenters. The van der Waals surface area contributed by atoms with Crippen molar-refractivity contribution >= 4 is 29.1 Å². The third kappa shape index (κ3) is 4.89. The molecule has 7 heteroatoms. The minimum atomic E-state index is -0.471. The van der Waals surface area contributed by atoms with E-state index in [4.69, 9.17) is 11.6 Å². The summed E-state index contributed by atoms with van der Waals surface area (Å²) in [7, 11) is 0. The molecule has 0 saturated heterocycles. The van der Waals surface area contributed by atoms with E-state index in [1.807, 2.05) is 0 Å². The molecule has 3 rings (SSSR count). The number of anilines is 1. The lowest BCUT2D eigenvalue weighted by atomic mass is 10.2. The normalized spacial score (nSPS) is 10.3. The zero-order valence-electron chi connectivity index (χ0n) is 14.1. The molecule has 2 amide bonds. The molecule has 27 heavy (non-hydrogen) atoms. The van der Waals surface area contributed by atoms with Crippen molar-refractivity contribution in [3.63, 3.8) is 0 Å². The van der Waals surface area contributed by atoms with Crippen LogP contribution in [0.5, 0.6) is 0 Å². The molecule has 136 valence electrons. The Kier molecular flexibility index (Phi) is 5.78. The smallest absolute Gasteiger partial charge is 0.274 e. The zero-order chi connectivity index (χ0) is 19.2. The number of benzene rings is 2. The summed E-state index contributed by atoms with van der Waals surface area (Å²) in [5.74, 6) is -1.30. The van der Waals surface area contributed by atoms with Crippen LogP contribution in [0.4, 0.5) is 10.1 Å². The molecule has 2 N–H and O–H groups in total. The van der Waals surface area contributed by atoms with Gasteiger partial charge in [-0.1, -0.05) is 35.9 Å². The monoisotopic (exact) mass is 383 g/mol. The van der Waals surface area contributed by atoms with Gasteiger partial charge in [0.2, 0.25) is 0 Å². The summed E-state index contributed by atoms with van der Waals surface area (Å²) in [4.78, 5) is 28.6. The lowest BCUT2D eigenvalue weighted by Crippen LogP contribution is -2.24. The molecule has 3 aromatic rings. The first-order valence-corrected chi connectivity index (χ1v) is 8.45. The predicted octanol–water partition coefficient (Wildman–Crippen LogP) is 4.06. The van der Waals surface area contributed by atoms with Crippen LogP contribution in [-0.4, -0.2) is 16.8 Å².